The van der Waals surface area contributed by atoms with E-state index in [2.05, 4.69) is 10.6 Å². The summed E-state index contributed by atoms with van der Waals surface area (Å²) in [4.78, 5) is 24.5. The molecule has 0 fully saturated rings. The summed E-state index contributed by atoms with van der Waals surface area (Å²) in [5.74, 6) is 0.776. The molecule has 0 aliphatic rings. The first-order chi connectivity index (χ1) is 13.5. The molecule has 2 amide bonds. The van der Waals surface area contributed by atoms with E-state index >= 15 is 0 Å². The highest BCUT2D eigenvalue weighted by Gasteiger charge is 2.18. The van der Waals surface area contributed by atoms with Gasteiger partial charge in [-0.3, -0.25) is 9.59 Å². The zero-order chi connectivity index (χ0) is 20.5. The fourth-order valence-electron chi connectivity index (χ4n) is 2.86. The van der Waals surface area contributed by atoms with Gasteiger partial charge in [0.1, 0.15) is 0 Å². The van der Waals surface area contributed by atoms with Gasteiger partial charge in [0.05, 0.1) is 34.3 Å². The zero-order valence-corrected chi connectivity index (χ0v) is 16.6. The number of rotatable bonds is 9. The minimum absolute atomic E-state index is 0.0440. The average molecular weight is 386 g/mol. The van der Waals surface area contributed by atoms with Crippen LogP contribution in [-0.4, -0.2) is 39.7 Å². The molecular weight excluding hydrogens is 360 g/mol. The van der Waals surface area contributed by atoms with Crippen molar-refractivity contribution in [3.63, 3.8) is 0 Å². The largest absolute Gasteiger partial charge is 0.493 e. The molecule has 0 atom stereocenters. The molecule has 0 heterocycles. The van der Waals surface area contributed by atoms with Crippen LogP contribution in [-0.2, 0) is 22.4 Å². The maximum atomic E-state index is 12.3. The molecule has 0 radical (unpaired) electrons. The predicted molar refractivity (Wildman–Crippen MR) is 107 cm³/mol. The maximum Gasteiger partial charge on any atom is 0.243 e. The van der Waals surface area contributed by atoms with Crippen molar-refractivity contribution in [2.24, 2.45) is 0 Å². The maximum absolute atomic E-state index is 12.3. The fourth-order valence-corrected chi connectivity index (χ4v) is 2.86. The number of benzene rings is 2. The summed E-state index contributed by atoms with van der Waals surface area (Å²) in [6, 6.07) is 11.0. The van der Waals surface area contributed by atoms with Crippen molar-refractivity contribution in [2.75, 3.05) is 33.2 Å². The molecule has 2 rings (SSSR count). The summed E-state index contributed by atoms with van der Waals surface area (Å²) in [6.45, 7) is 1.90. The number of para-hydroxylation sites is 1. The summed E-state index contributed by atoms with van der Waals surface area (Å²) >= 11 is 0. The van der Waals surface area contributed by atoms with Crippen LogP contribution in [0.3, 0.4) is 0 Å². The monoisotopic (exact) mass is 386 g/mol. The first-order valence-corrected chi connectivity index (χ1v) is 8.96. The minimum Gasteiger partial charge on any atom is -0.493 e. The summed E-state index contributed by atoms with van der Waals surface area (Å²) in [5.41, 5.74) is 2.43. The Labute approximate surface area is 165 Å². The Morgan fingerprint density at radius 2 is 1.57 bits per heavy atom. The summed E-state index contributed by atoms with van der Waals surface area (Å²) < 4.78 is 15.9. The van der Waals surface area contributed by atoms with Crippen molar-refractivity contribution in [2.45, 2.75) is 19.8 Å². The fraction of sp³-hybridized carbons (Fsp3) is 0.333. The highest BCUT2D eigenvalue weighted by atomic mass is 16.5. The zero-order valence-electron chi connectivity index (χ0n) is 16.6. The van der Waals surface area contributed by atoms with Crippen LogP contribution in [0, 0.1) is 0 Å². The Balaban J connectivity index is 1.98. The van der Waals surface area contributed by atoms with Gasteiger partial charge in [0, 0.05) is 11.3 Å². The van der Waals surface area contributed by atoms with Crippen LogP contribution in [0.1, 0.15) is 18.1 Å². The SMILES string of the molecule is CCc1ccccc1NC(=O)CNC(=O)Cc1ccc(OC)c(OC)c1OC. The number of amides is 2. The van der Waals surface area contributed by atoms with E-state index in [9.17, 15) is 9.59 Å². The van der Waals surface area contributed by atoms with Crippen molar-refractivity contribution in [3.8, 4) is 17.2 Å². The predicted octanol–water partition coefficient (Wildman–Crippen LogP) is 2.57. The van der Waals surface area contributed by atoms with Crippen molar-refractivity contribution >= 4 is 17.5 Å². The summed E-state index contributed by atoms with van der Waals surface area (Å²) in [7, 11) is 4.53. The summed E-state index contributed by atoms with van der Waals surface area (Å²) in [6.07, 6.45) is 0.851. The van der Waals surface area contributed by atoms with Gasteiger partial charge in [0.15, 0.2) is 11.5 Å². The molecule has 0 unspecified atom stereocenters. The minimum atomic E-state index is -0.301. The number of carbonyl (C=O) groups excluding carboxylic acids is 2. The summed E-state index contributed by atoms with van der Waals surface area (Å²) in [5, 5.41) is 5.45. The van der Waals surface area contributed by atoms with E-state index in [1.54, 1.807) is 12.1 Å². The number of methoxy groups -OCH3 is 3. The smallest absolute Gasteiger partial charge is 0.243 e. The van der Waals surface area contributed by atoms with Crippen LogP contribution in [0.2, 0.25) is 0 Å². The van der Waals surface area contributed by atoms with E-state index < -0.39 is 0 Å². The lowest BCUT2D eigenvalue weighted by atomic mass is 10.1. The third-order valence-corrected chi connectivity index (χ3v) is 4.26. The van der Waals surface area contributed by atoms with Crippen LogP contribution in [0.15, 0.2) is 36.4 Å². The van der Waals surface area contributed by atoms with Crippen LogP contribution < -0.4 is 24.8 Å². The normalized spacial score (nSPS) is 10.1. The number of ether oxygens (including phenoxy) is 3. The van der Waals surface area contributed by atoms with Crippen LogP contribution >= 0.6 is 0 Å². The van der Waals surface area contributed by atoms with Gasteiger partial charge in [-0.15, -0.1) is 0 Å². The second-order valence-corrected chi connectivity index (χ2v) is 6.01. The van der Waals surface area contributed by atoms with Crippen LogP contribution in [0.5, 0.6) is 17.2 Å². The number of nitrogens with one attached hydrogen (secondary N) is 2. The third-order valence-electron chi connectivity index (χ3n) is 4.26. The van der Waals surface area contributed by atoms with Gasteiger partial charge in [-0.05, 0) is 24.1 Å². The Morgan fingerprint density at radius 1 is 0.857 bits per heavy atom. The van der Waals surface area contributed by atoms with Gasteiger partial charge in [-0.25, -0.2) is 0 Å². The molecule has 2 aromatic carbocycles. The molecule has 0 bridgehead atoms. The number of hydrogen-bond acceptors (Lipinski definition) is 5. The van der Waals surface area contributed by atoms with Crippen LogP contribution in [0.4, 0.5) is 5.69 Å². The van der Waals surface area contributed by atoms with E-state index in [-0.39, 0.29) is 24.8 Å². The molecule has 0 saturated carbocycles. The number of carbonyl (C=O) groups is 2. The van der Waals surface area contributed by atoms with E-state index in [1.807, 2.05) is 31.2 Å². The molecule has 0 saturated heterocycles. The molecule has 28 heavy (non-hydrogen) atoms. The van der Waals surface area contributed by atoms with Crippen molar-refractivity contribution in [3.05, 3.63) is 47.5 Å². The van der Waals surface area contributed by atoms with E-state index in [1.165, 1.54) is 21.3 Å². The second kappa shape index (κ2) is 10.2. The molecule has 150 valence electrons. The molecular formula is C21H26N2O5. The van der Waals surface area contributed by atoms with Gasteiger partial charge in [-0.1, -0.05) is 31.2 Å². The van der Waals surface area contributed by atoms with Gasteiger partial charge >= 0.3 is 0 Å². The molecule has 0 aromatic heterocycles. The first-order valence-electron chi connectivity index (χ1n) is 8.96. The molecule has 0 aliphatic heterocycles. The first kappa shape index (κ1) is 21.1. The lowest BCUT2D eigenvalue weighted by Crippen LogP contribution is -2.34. The second-order valence-electron chi connectivity index (χ2n) is 6.01. The van der Waals surface area contributed by atoms with Crippen molar-refractivity contribution in [1.82, 2.24) is 5.32 Å². The Morgan fingerprint density at radius 3 is 2.21 bits per heavy atom. The van der Waals surface area contributed by atoms with Gasteiger partial charge < -0.3 is 24.8 Å². The van der Waals surface area contributed by atoms with E-state index in [4.69, 9.17) is 14.2 Å². The quantitative estimate of drug-likeness (QED) is 0.692. The highest BCUT2D eigenvalue weighted by molar-refractivity contribution is 5.95. The molecule has 0 aliphatic carbocycles. The molecule has 7 heteroatoms. The van der Waals surface area contributed by atoms with Gasteiger partial charge in [-0.2, -0.15) is 0 Å². The molecule has 0 spiro atoms. The lowest BCUT2D eigenvalue weighted by molar-refractivity contribution is -0.123. The number of anilines is 1. The van der Waals surface area contributed by atoms with Crippen LogP contribution in [0.25, 0.3) is 0 Å². The van der Waals surface area contributed by atoms with Crippen molar-refractivity contribution in [1.29, 1.82) is 0 Å². The Hall–Kier alpha value is -3.22. The Kier molecular flexibility index (Phi) is 7.68. The van der Waals surface area contributed by atoms with E-state index in [0.29, 0.717) is 22.8 Å². The number of hydrogen-bond donors (Lipinski definition) is 2. The third kappa shape index (κ3) is 5.16. The van der Waals surface area contributed by atoms with Crippen molar-refractivity contribution < 1.29 is 23.8 Å². The Bertz CT molecular complexity index is 836. The average Bonchev–Trinajstić information content (AvgIpc) is 2.72. The van der Waals surface area contributed by atoms with E-state index in [0.717, 1.165) is 17.7 Å². The standard InChI is InChI=1S/C21H26N2O5/c1-5-14-8-6-7-9-16(14)23-19(25)13-22-18(24)12-15-10-11-17(26-2)21(28-4)20(15)27-3/h6-11H,5,12-13H2,1-4H3,(H,22,24)(H,23,25). The molecule has 2 N–H and O–H groups in total. The van der Waals surface area contributed by atoms with Gasteiger partial charge in [0.25, 0.3) is 0 Å². The van der Waals surface area contributed by atoms with Gasteiger partial charge in [0.2, 0.25) is 17.6 Å². The molecule has 2 aromatic rings. The molecule has 7 nitrogen and oxygen atoms in total. The topological polar surface area (TPSA) is 85.9 Å². The lowest BCUT2D eigenvalue weighted by Gasteiger charge is -2.15. The highest BCUT2D eigenvalue weighted by Crippen LogP contribution is 2.39. The number of aryl methyl sites for hydroxylation is 1.